The van der Waals surface area contributed by atoms with Crippen LogP contribution in [0.4, 0.5) is 23.7 Å². The first-order chi connectivity index (χ1) is 12.1. The molecular formula is C16H18F3N3O3S. The molecule has 6 nitrogen and oxygen atoms in total. The molecule has 10 heteroatoms. The largest absolute Gasteiger partial charge is 0.511 e. The van der Waals surface area contributed by atoms with Gasteiger partial charge in [-0.3, -0.25) is 0 Å². The molecule has 142 valence electrons. The van der Waals surface area contributed by atoms with Gasteiger partial charge in [-0.15, -0.1) is 6.42 Å². The average Bonchev–Trinajstić information content (AvgIpc) is 2.59. The Balaban J connectivity index is 1.79. The van der Waals surface area contributed by atoms with E-state index in [1.807, 2.05) is 0 Å². The summed E-state index contributed by atoms with van der Waals surface area (Å²) in [7, 11) is -5.28. The molecule has 1 aliphatic heterocycles. The molecule has 0 bridgehead atoms. The van der Waals surface area contributed by atoms with Crippen LogP contribution in [0.15, 0.2) is 24.3 Å². The van der Waals surface area contributed by atoms with E-state index in [0.29, 0.717) is 15.6 Å². The highest BCUT2D eigenvalue weighted by Gasteiger charge is 2.50. The van der Waals surface area contributed by atoms with Crippen LogP contribution in [0, 0.1) is 18.3 Å². The third-order valence-electron chi connectivity index (χ3n) is 4.04. The fourth-order valence-electron chi connectivity index (χ4n) is 2.60. The van der Waals surface area contributed by atoms with E-state index in [2.05, 4.69) is 16.6 Å². The molecule has 0 aromatic heterocycles. The topological polar surface area (TPSA) is 78.5 Å². The molecular weight excluding hydrogens is 371 g/mol. The van der Waals surface area contributed by atoms with E-state index < -0.39 is 21.6 Å². The summed E-state index contributed by atoms with van der Waals surface area (Å²) in [5, 5.41) is 5.24. The molecule has 1 fully saturated rings. The Labute approximate surface area is 149 Å². The third-order valence-corrected chi connectivity index (χ3v) is 5.67. The first kappa shape index (κ1) is 20.1. The van der Waals surface area contributed by atoms with Crippen LogP contribution in [0.3, 0.4) is 0 Å². The second kappa shape index (κ2) is 7.97. The van der Waals surface area contributed by atoms with Gasteiger partial charge < -0.3 is 10.6 Å². The van der Waals surface area contributed by atoms with Crippen LogP contribution in [0.2, 0.25) is 0 Å². The van der Waals surface area contributed by atoms with E-state index in [1.165, 1.54) is 0 Å². The zero-order valence-corrected chi connectivity index (χ0v) is 14.5. The van der Waals surface area contributed by atoms with E-state index in [4.69, 9.17) is 6.42 Å². The lowest BCUT2D eigenvalue weighted by Crippen LogP contribution is -2.46. The Morgan fingerprint density at radius 2 is 1.96 bits per heavy atom. The van der Waals surface area contributed by atoms with Gasteiger partial charge in [-0.2, -0.15) is 17.5 Å². The number of nitrogens with one attached hydrogen (secondary N) is 2. The lowest BCUT2D eigenvalue weighted by Gasteiger charge is -2.31. The SMILES string of the molecule is C#Cc1cccc(NC(=O)NCC2CCN(S(=O)(=O)C(F)(F)F)CC2)c1. The molecule has 1 heterocycles. The Morgan fingerprint density at radius 3 is 2.54 bits per heavy atom. The van der Waals surface area contributed by atoms with Crippen LogP contribution in [0.5, 0.6) is 0 Å². The normalized spacial score (nSPS) is 16.7. The molecule has 0 atom stereocenters. The quantitative estimate of drug-likeness (QED) is 0.776. The zero-order chi connectivity index (χ0) is 19.4. The zero-order valence-electron chi connectivity index (χ0n) is 13.7. The first-order valence-corrected chi connectivity index (χ1v) is 9.25. The highest BCUT2D eigenvalue weighted by molar-refractivity contribution is 7.90. The molecule has 2 amide bonds. The first-order valence-electron chi connectivity index (χ1n) is 7.81. The number of benzene rings is 1. The summed E-state index contributed by atoms with van der Waals surface area (Å²) in [5.74, 6) is 2.35. The van der Waals surface area contributed by atoms with E-state index in [0.717, 1.165) is 0 Å². The van der Waals surface area contributed by atoms with Crippen molar-refractivity contribution in [2.24, 2.45) is 5.92 Å². The van der Waals surface area contributed by atoms with Crippen molar-refractivity contribution in [3.05, 3.63) is 29.8 Å². The van der Waals surface area contributed by atoms with E-state index in [9.17, 15) is 26.4 Å². The van der Waals surface area contributed by atoms with Crippen LogP contribution >= 0.6 is 0 Å². The van der Waals surface area contributed by atoms with Gasteiger partial charge in [-0.1, -0.05) is 12.0 Å². The number of carbonyl (C=O) groups is 1. The van der Waals surface area contributed by atoms with Crippen molar-refractivity contribution in [2.75, 3.05) is 25.0 Å². The molecule has 2 N–H and O–H groups in total. The van der Waals surface area contributed by atoms with Crippen LogP contribution in [0.25, 0.3) is 0 Å². The van der Waals surface area contributed by atoms with Gasteiger partial charge >= 0.3 is 21.6 Å². The van der Waals surface area contributed by atoms with E-state index in [-0.39, 0.29) is 38.4 Å². The number of urea groups is 1. The van der Waals surface area contributed by atoms with Crippen LogP contribution in [-0.2, 0) is 10.0 Å². The summed E-state index contributed by atoms with van der Waals surface area (Å²) in [5.41, 5.74) is -4.16. The Morgan fingerprint density at radius 1 is 1.31 bits per heavy atom. The Bertz CT molecular complexity index is 795. The minimum atomic E-state index is -5.29. The third kappa shape index (κ3) is 4.89. The van der Waals surface area contributed by atoms with Gasteiger partial charge in [0.25, 0.3) is 0 Å². The van der Waals surface area contributed by atoms with Crippen LogP contribution in [0.1, 0.15) is 18.4 Å². The molecule has 1 aliphatic rings. The minimum Gasteiger partial charge on any atom is -0.338 e. The number of carbonyl (C=O) groups excluding carboxylic acids is 1. The molecule has 26 heavy (non-hydrogen) atoms. The fourth-order valence-corrected chi connectivity index (χ4v) is 3.58. The lowest BCUT2D eigenvalue weighted by atomic mass is 9.98. The minimum absolute atomic E-state index is 0.0996. The summed E-state index contributed by atoms with van der Waals surface area (Å²) >= 11 is 0. The lowest BCUT2D eigenvalue weighted by molar-refractivity contribution is -0.0496. The summed E-state index contributed by atoms with van der Waals surface area (Å²) in [4.78, 5) is 11.9. The summed E-state index contributed by atoms with van der Waals surface area (Å²) in [6.07, 6.45) is 5.76. The molecule has 2 rings (SSSR count). The number of amides is 2. The summed E-state index contributed by atoms with van der Waals surface area (Å²) in [6, 6.07) is 6.23. The average molecular weight is 389 g/mol. The second-order valence-electron chi connectivity index (χ2n) is 5.85. The highest BCUT2D eigenvalue weighted by Crippen LogP contribution is 2.30. The molecule has 0 aliphatic carbocycles. The molecule has 1 saturated heterocycles. The fraction of sp³-hybridized carbons (Fsp3) is 0.438. The molecule has 0 spiro atoms. The number of piperidine rings is 1. The van der Waals surface area contributed by atoms with Gasteiger partial charge in [0.15, 0.2) is 0 Å². The van der Waals surface area contributed by atoms with Crippen molar-refractivity contribution >= 4 is 21.7 Å². The van der Waals surface area contributed by atoms with Crippen molar-refractivity contribution < 1.29 is 26.4 Å². The molecule has 1 aromatic rings. The maximum absolute atomic E-state index is 12.5. The summed E-state index contributed by atoms with van der Waals surface area (Å²) in [6.45, 7) is -0.208. The van der Waals surface area contributed by atoms with Crippen LogP contribution in [-0.4, -0.2) is 43.9 Å². The number of anilines is 1. The van der Waals surface area contributed by atoms with Gasteiger partial charge in [0, 0.05) is 30.9 Å². The number of halogens is 3. The van der Waals surface area contributed by atoms with Crippen molar-refractivity contribution in [3.8, 4) is 12.3 Å². The maximum atomic E-state index is 12.5. The molecule has 0 radical (unpaired) electrons. The Hall–Kier alpha value is -2.25. The van der Waals surface area contributed by atoms with Crippen molar-refractivity contribution in [1.29, 1.82) is 0 Å². The van der Waals surface area contributed by atoms with Gasteiger partial charge in [0.2, 0.25) is 0 Å². The highest BCUT2D eigenvalue weighted by atomic mass is 32.2. The number of nitrogens with zero attached hydrogens (tertiary/aromatic N) is 1. The van der Waals surface area contributed by atoms with Gasteiger partial charge in [0.05, 0.1) is 0 Å². The van der Waals surface area contributed by atoms with E-state index in [1.54, 1.807) is 24.3 Å². The smallest absolute Gasteiger partial charge is 0.338 e. The standard InChI is InChI=1S/C16H18F3N3O3S/c1-2-12-4-3-5-14(10-12)21-15(23)20-11-13-6-8-22(9-7-13)26(24,25)16(17,18)19/h1,3-5,10,13H,6-9,11H2,(H2,20,21,23). The Kier molecular flexibility index (Phi) is 6.15. The van der Waals surface area contributed by atoms with Gasteiger partial charge in [-0.25, -0.2) is 13.2 Å². The van der Waals surface area contributed by atoms with Crippen molar-refractivity contribution in [3.63, 3.8) is 0 Å². The number of sulfonamides is 1. The monoisotopic (exact) mass is 389 g/mol. The number of rotatable bonds is 4. The molecule has 1 aromatic carbocycles. The summed E-state index contributed by atoms with van der Waals surface area (Å²) < 4.78 is 60.7. The number of terminal acetylenes is 1. The predicted octanol–water partition coefficient (Wildman–Crippen LogP) is 2.35. The maximum Gasteiger partial charge on any atom is 0.511 e. The predicted molar refractivity (Wildman–Crippen MR) is 90.7 cm³/mol. The van der Waals surface area contributed by atoms with Crippen molar-refractivity contribution in [2.45, 2.75) is 18.3 Å². The van der Waals surface area contributed by atoms with Gasteiger partial charge in [-0.05, 0) is 37.0 Å². The number of hydrogen-bond acceptors (Lipinski definition) is 3. The number of hydrogen-bond donors (Lipinski definition) is 2. The molecule has 0 unspecified atom stereocenters. The molecule has 0 saturated carbocycles. The van der Waals surface area contributed by atoms with Crippen molar-refractivity contribution in [1.82, 2.24) is 9.62 Å². The second-order valence-corrected chi connectivity index (χ2v) is 7.78. The van der Waals surface area contributed by atoms with E-state index >= 15 is 0 Å². The van der Waals surface area contributed by atoms with Crippen LogP contribution < -0.4 is 10.6 Å². The number of alkyl halides is 3. The van der Waals surface area contributed by atoms with Gasteiger partial charge in [0.1, 0.15) is 0 Å².